The van der Waals surface area contributed by atoms with Gasteiger partial charge in [0.2, 0.25) is 0 Å². The molecule has 0 radical (unpaired) electrons. The highest BCUT2D eigenvalue weighted by molar-refractivity contribution is 6.33. The molecule has 0 spiro atoms. The molecule has 0 fully saturated rings. The highest BCUT2D eigenvalue weighted by Crippen LogP contribution is 2.28. The second-order valence-electron chi connectivity index (χ2n) is 6.44. The van der Waals surface area contributed by atoms with E-state index in [1.165, 1.54) is 0 Å². The lowest BCUT2D eigenvalue weighted by Crippen LogP contribution is -2.48. The Morgan fingerprint density at radius 2 is 1.85 bits per heavy atom. The summed E-state index contributed by atoms with van der Waals surface area (Å²) in [6, 6.07) is 6.62. The van der Waals surface area contributed by atoms with Crippen LogP contribution < -0.4 is 5.32 Å². The number of hydrogen-bond acceptors (Lipinski definition) is 5. The summed E-state index contributed by atoms with van der Waals surface area (Å²) in [6.45, 7) is 3.75. The number of rotatable bonds is 9. The van der Waals surface area contributed by atoms with Gasteiger partial charge in [-0.15, -0.1) is 0 Å². The summed E-state index contributed by atoms with van der Waals surface area (Å²) in [5, 5.41) is 25.8. The Morgan fingerprint density at radius 1 is 1.19 bits per heavy atom. The van der Waals surface area contributed by atoms with Gasteiger partial charge in [-0.3, -0.25) is 14.9 Å². The average molecular weight is 381 g/mol. The predicted molar refractivity (Wildman–Crippen MR) is 96.1 cm³/mol. The van der Waals surface area contributed by atoms with Crippen LogP contribution in [0.3, 0.4) is 0 Å². The summed E-state index contributed by atoms with van der Waals surface area (Å²) in [4.78, 5) is 22.9. The van der Waals surface area contributed by atoms with Gasteiger partial charge in [-0.05, 0) is 24.5 Å². The molecule has 2 atom stereocenters. The van der Waals surface area contributed by atoms with Crippen molar-refractivity contribution in [2.45, 2.75) is 38.8 Å². The summed E-state index contributed by atoms with van der Waals surface area (Å²) < 4.78 is 5.26. The summed E-state index contributed by atoms with van der Waals surface area (Å²) in [5.74, 6) is -1.70. The van der Waals surface area contributed by atoms with E-state index in [9.17, 15) is 19.8 Å². The Balaban J connectivity index is 2.14. The summed E-state index contributed by atoms with van der Waals surface area (Å²) in [6.07, 6.45) is 0.313. The molecule has 0 saturated carbocycles. The van der Waals surface area contributed by atoms with Crippen LogP contribution in [0.5, 0.6) is 0 Å². The lowest BCUT2D eigenvalue weighted by atomic mass is 10.0. The van der Waals surface area contributed by atoms with Gasteiger partial charge in [0.25, 0.3) is 0 Å². The summed E-state index contributed by atoms with van der Waals surface area (Å²) in [7, 11) is 0. The lowest BCUT2D eigenvalue weighted by molar-refractivity contribution is -0.142. The van der Waals surface area contributed by atoms with Crippen molar-refractivity contribution in [2.75, 3.05) is 0 Å². The molecular formula is C18H21ClN2O5. The van der Waals surface area contributed by atoms with Gasteiger partial charge in [0, 0.05) is 18.1 Å². The SMILES string of the molecule is CC(C)CC(NC(Cc1cc(-c2ccccc2Cl)on1)C(=O)O)C(=O)O. The fourth-order valence-corrected chi connectivity index (χ4v) is 2.81. The first-order chi connectivity index (χ1) is 12.3. The maximum atomic E-state index is 11.5. The third-order valence-corrected chi connectivity index (χ3v) is 4.15. The molecule has 1 heterocycles. The van der Waals surface area contributed by atoms with Gasteiger partial charge in [-0.1, -0.05) is 42.7 Å². The zero-order valence-electron chi connectivity index (χ0n) is 14.5. The third kappa shape index (κ3) is 5.31. The molecule has 0 saturated heterocycles. The second-order valence-corrected chi connectivity index (χ2v) is 6.85. The van der Waals surface area contributed by atoms with Gasteiger partial charge >= 0.3 is 11.9 Å². The van der Waals surface area contributed by atoms with Crippen LogP contribution in [0.15, 0.2) is 34.9 Å². The topological polar surface area (TPSA) is 113 Å². The van der Waals surface area contributed by atoms with Crippen LogP contribution in [-0.2, 0) is 16.0 Å². The van der Waals surface area contributed by atoms with E-state index in [2.05, 4.69) is 10.5 Å². The van der Waals surface area contributed by atoms with Crippen molar-refractivity contribution in [1.82, 2.24) is 10.5 Å². The van der Waals surface area contributed by atoms with Crippen LogP contribution in [0.1, 0.15) is 26.0 Å². The first-order valence-corrected chi connectivity index (χ1v) is 8.58. The molecule has 2 rings (SSSR count). The third-order valence-electron chi connectivity index (χ3n) is 3.82. The smallest absolute Gasteiger partial charge is 0.321 e. The lowest BCUT2D eigenvalue weighted by Gasteiger charge is -2.21. The number of benzene rings is 1. The van der Waals surface area contributed by atoms with E-state index in [1.54, 1.807) is 30.3 Å². The zero-order valence-corrected chi connectivity index (χ0v) is 15.2. The molecule has 1 aromatic carbocycles. The number of aliphatic carboxylic acids is 2. The van der Waals surface area contributed by atoms with Crippen LogP contribution >= 0.6 is 11.6 Å². The van der Waals surface area contributed by atoms with Crippen LogP contribution in [0.2, 0.25) is 5.02 Å². The van der Waals surface area contributed by atoms with E-state index in [0.717, 1.165) is 0 Å². The minimum atomic E-state index is -1.15. The molecule has 0 aliphatic heterocycles. The Hall–Kier alpha value is -2.38. The molecule has 140 valence electrons. The number of halogens is 1. The molecule has 2 unspecified atom stereocenters. The summed E-state index contributed by atoms with van der Waals surface area (Å²) in [5.41, 5.74) is 1.05. The minimum Gasteiger partial charge on any atom is -0.480 e. The van der Waals surface area contributed by atoms with Gasteiger partial charge in [-0.25, -0.2) is 0 Å². The van der Waals surface area contributed by atoms with Crippen molar-refractivity contribution in [3.63, 3.8) is 0 Å². The van der Waals surface area contributed by atoms with E-state index in [1.807, 2.05) is 13.8 Å². The molecule has 0 aliphatic carbocycles. The first kappa shape index (κ1) is 19.9. The van der Waals surface area contributed by atoms with E-state index < -0.39 is 24.0 Å². The molecule has 26 heavy (non-hydrogen) atoms. The quantitative estimate of drug-likeness (QED) is 0.612. The zero-order chi connectivity index (χ0) is 19.3. The minimum absolute atomic E-state index is 0.00877. The number of nitrogens with zero attached hydrogens (tertiary/aromatic N) is 1. The Bertz CT molecular complexity index is 774. The molecule has 0 amide bonds. The van der Waals surface area contributed by atoms with Crippen molar-refractivity contribution in [3.8, 4) is 11.3 Å². The fourth-order valence-electron chi connectivity index (χ4n) is 2.58. The van der Waals surface area contributed by atoms with Crippen molar-refractivity contribution in [3.05, 3.63) is 41.0 Å². The van der Waals surface area contributed by atoms with Crippen molar-refractivity contribution < 1.29 is 24.3 Å². The van der Waals surface area contributed by atoms with Crippen LogP contribution in [0, 0.1) is 5.92 Å². The highest BCUT2D eigenvalue weighted by atomic mass is 35.5. The monoisotopic (exact) mass is 380 g/mol. The predicted octanol–water partition coefficient (Wildman–Crippen LogP) is 3.08. The molecule has 2 aromatic rings. The maximum absolute atomic E-state index is 11.5. The second kappa shape index (κ2) is 8.82. The van der Waals surface area contributed by atoms with Gasteiger partial charge in [0.05, 0.1) is 10.7 Å². The largest absolute Gasteiger partial charge is 0.480 e. The maximum Gasteiger partial charge on any atom is 0.321 e. The van der Waals surface area contributed by atoms with Gasteiger partial charge in [-0.2, -0.15) is 0 Å². The first-order valence-electron chi connectivity index (χ1n) is 8.20. The highest BCUT2D eigenvalue weighted by Gasteiger charge is 2.27. The molecule has 8 heteroatoms. The van der Waals surface area contributed by atoms with Crippen molar-refractivity contribution in [1.29, 1.82) is 0 Å². The van der Waals surface area contributed by atoms with Crippen LogP contribution in [-0.4, -0.2) is 39.4 Å². The Kier molecular flexibility index (Phi) is 6.76. The van der Waals surface area contributed by atoms with Crippen LogP contribution in [0.4, 0.5) is 0 Å². The molecule has 1 aromatic heterocycles. The van der Waals surface area contributed by atoms with E-state index >= 15 is 0 Å². The van der Waals surface area contributed by atoms with E-state index in [0.29, 0.717) is 28.5 Å². The molecule has 0 bridgehead atoms. The normalized spacial score (nSPS) is 13.5. The fraction of sp³-hybridized carbons (Fsp3) is 0.389. The van der Waals surface area contributed by atoms with Gasteiger partial charge in [0.1, 0.15) is 12.1 Å². The Labute approximate surface area is 156 Å². The van der Waals surface area contributed by atoms with Gasteiger partial charge < -0.3 is 14.7 Å². The average Bonchev–Trinajstić information content (AvgIpc) is 3.01. The number of hydrogen-bond donors (Lipinski definition) is 3. The molecule has 3 N–H and O–H groups in total. The number of nitrogens with one attached hydrogen (secondary N) is 1. The number of carboxylic acid groups (broad SMARTS) is 2. The van der Waals surface area contributed by atoms with Gasteiger partial charge in [0.15, 0.2) is 5.76 Å². The van der Waals surface area contributed by atoms with E-state index in [-0.39, 0.29) is 12.3 Å². The molecule has 7 nitrogen and oxygen atoms in total. The molecule has 0 aliphatic rings. The number of carboxylic acids is 2. The standard InChI is InChI=1S/C18H21ClN2O5/c1-10(2)7-14(17(22)23)20-15(18(24)25)8-11-9-16(26-21-11)12-5-3-4-6-13(12)19/h3-6,9-10,14-15,20H,7-8H2,1-2H3,(H,22,23)(H,24,25). The molecular weight excluding hydrogens is 360 g/mol. The van der Waals surface area contributed by atoms with Crippen LogP contribution in [0.25, 0.3) is 11.3 Å². The number of aromatic nitrogens is 1. The van der Waals surface area contributed by atoms with E-state index in [4.69, 9.17) is 16.1 Å². The van der Waals surface area contributed by atoms with Crippen molar-refractivity contribution in [2.24, 2.45) is 5.92 Å². The Morgan fingerprint density at radius 3 is 2.42 bits per heavy atom. The van der Waals surface area contributed by atoms with Crippen molar-refractivity contribution >= 4 is 23.5 Å². The number of carbonyl (C=O) groups is 2. The summed E-state index contributed by atoms with van der Waals surface area (Å²) >= 11 is 6.12.